The maximum atomic E-state index is 12.0. The lowest BCUT2D eigenvalue weighted by molar-refractivity contribution is 0.174. The minimum absolute atomic E-state index is 0.0994. The van der Waals surface area contributed by atoms with E-state index in [4.69, 9.17) is 9.47 Å². The molecule has 1 saturated carbocycles. The van der Waals surface area contributed by atoms with Crippen LogP contribution < -0.4 is 15.2 Å². The van der Waals surface area contributed by atoms with Crippen LogP contribution in [0.4, 0.5) is 0 Å². The molecule has 2 aromatic rings. The van der Waals surface area contributed by atoms with Crippen molar-refractivity contribution in [2.45, 2.75) is 38.1 Å². The highest BCUT2D eigenvalue weighted by Crippen LogP contribution is 2.33. The summed E-state index contributed by atoms with van der Waals surface area (Å²) < 4.78 is 12.5. The molecule has 1 aliphatic heterocycles. The first-order chi connectivity index (χ1) is 10.3. The van der Waals surface area contributed by atoms with E-state index in [1.165, 1.54) is 12.8 Å². The van der Waals surface area contributed by atoms with E-state index in [0.717, 1.165) is 35.7 Å². The van der Waals surface area contributed by atoms with E-state index >= 15 is 0 Å². The molecule has 1 N–H and O–H groups in total. The summed E-state index contributed by atoms with van der Waals surface area (Å²) in [4.78, 5) is 12.0. The number of rotatable bonds is 3. The van der Waals surface area contributed by atoms with Gasteiger partial charge in [0.2, 0.25) is 6.79 Å². The Hall–Kier alpha value is -2.24. The Labute approximate surface area is 121 Å². The van der Waals surface area contributed by atoms with Crippen molar-refractivity contribution in [3.05, 3.63) is 40.1 Å². The average molecular weight is 287 g/mol. The first-order valence-corrected chi connectivity index (χ1v) is 7.35. The fraction of sp³-hybridized carbons (Fsp3) is 0.467. The molecule has 110 valence electrons. The summed E-state index contributed by atoms with van der Waals surface area (Å²) in [6, 6.07) is 6.15. The lowest BCUT2D eigenvalue weighted by atomic mass is 10.1. The van der Waals surface area contributed by atoms with E-state index in [1.54, 1.807) is 0 Å². The van der Waals surface area contributed by atoms with Gasteiger partial charge in [-0.2, -0.15) is 5.10 Å². The third-order valence-corrected chi connectivity index (χ3v) is 4.27. The molecule has 1 aliphatic carbocycles. The molecule has 1 aromatic heterocycles. The van der Waals surface area contributed by atoms with Crippen LogP contribution in [0.15, 0.2) is 23.0 Å². The Morgan fingerprint density at radius 1 is 1.24 bits per heavy atom. The van der Waals surface area contributed by atoms with Crippen LogP contribution in [0.3, 0.4) is 0 Å². The number of nitrogens with one attached hydrogen (secondary N) is 1. The summed E-state index contributed by atoms with van der Waals surface area (Å²) in [7, 11) is 0. The average Bonchev–Trinajstić information content (AvgIpc) is 3.19. The van der Waals surface area contributed by atoms with Crippen molar-refractivity contribution in [3.8, 4) is 11.5 Å². The van der Waals surface area contributed by atoms with Gasteiger partial charge < -0.3 is 9.47 Å². The Kier molecular flexibility index (Phi) is 2.94. The van der Waals surface area contributed by atoms with Gasteiger partial charge in [0.15, 0.2) is 11.5 Å². The van der Waals surface area contributed by atoms with Crippen molar-refractivity contribution in [2.75, 3.05) is 6.79 Å². The van der Waals surface area contributed by atoms with Crippen molar-refractivity contribution in [1.82, 2.24) is 14.8 Å². The van der Waals surface area contributed by atoms with Crippen molar-refractivity contribution >= 4 is 0 Å². The lowest BCUT2D eigenvalue weighted by Crippen LogP contribution is -2.22. The zero-order valence-electron chi connectivity index (χ0n) is 11.7. The van der Waals surface area contributed by atoms with E-state index in [9.17, 15) is 4.79 Å². The second-order valence-corrected chi connectivity index (χ2v) is 5.62. The number of fused-ring (bicyclic) bond motifs is 1. The number of nitrogens with zero attached hydrogens (tertiary/aromatic N) is 2. The fourth-order valence-electron chi connectivity index (χ4n) is 3.23. The normalized spacial score (nSPS) is 17.5. The molecule has 0 atom stereocenters. The predicted octanol–water partition coefficient (Wildman–Crippen LogP) is 2.01. The van der Waals surface area contributed by atoms with E-state index < -0.39 is 0 Å². The molecule has 6 nitrogen and oxygen atoms in total. The minimum atomic E-state index is -0.0994. The summed E-state index contributed by atoms with van der Waals surface area (Å²) in [6.45, 7) is 0.272. The van der Waals surface area contributed by atoms with Gasteiger partial charge in [-0.1, -0.05) is 18.9 Å². The minimum Gasteiger partial charge on any atom is -0.454 e. The number of ether oxygens (including phenoxy) is 2. The standard InChI is InChI=1S/C15H17N3O3/c19-15-17-16-14(18(15)11-3-1-2-4-11)8-10-5-6-12-13(7-10)21-9-20-12/h5-7,11H,1-4,8-9H2,(H,17,19). The highest BCUT2D eigenvalue weighted by Gasteiger charge is 2.23. The molecule has 0 spiro atoms. The number of benzene rings is 1. The highest BCUT2D eigenvalue weighted by atomic mass is 16.7. The summed E-state index contributed by atoms with van der Waals surface area (Å²) in [5, 5.41) is 6.79. The van der Waals surface area contributed by atoms with Gasteiger partial charge in [-0.25, -0.2) is 9.89 Å². The van der Waals surface area contributed by atoms with Gasteiger partial charge in [-0.3, -0.25) is 4.57 Å². The molecule has 0 unspecified atom stereocenters. The highest BCUT2D eigenvalue weighted by molar-refractivity contribution is 5.45. The number of aromatic amines is 1. The Bertz CT molecular complexity index is 713. The first kappa shape index (κ1) is 12.5. The van der Waals surface area contributed by atoms with Crippen molar-refractivity contribution < 1.29 is 9.47 Å². The molecule has 0 saturated heterocycles. The van der Waals surface area contributed by atoms with Crippen LogP contribution in [0.25, 0.3) is 0 Å². The van der Waals surface area contributed by atoms with Crippen molar-refractivity contribution in [1.29, 1.82) is 0 Å². The summed E-state index contributed by atoms with van der Waals surface area (Å²) >= 11 is 0. The van der Waals surface area contributed by atoms with Crippen LogP contribution in [0.1, 0.15) is 43.1 Å². The van der Waals surface area contributed by atoms with Gasteiger partial charge in [-0.05, 0) is 30.5 Å². The van der Waals surface area contributed by atoms with E-state index in [0.29, 0.717) is 12.5 Å². The SMILES string of the molecule is O=c1[nH]nc(Cc2ccc3c(c2)OCO3)n1C1CCCC1. The van der Waals surface area contributed by atoms with Gasteiger partial charge in [0.1, 0.15) is 5.82 Å². The van der Waals surface area contributed by atoms with Gasteiger partial charge >= 0.3 is 5.69 Å². The molecule has 0 radical (unpaired) electrons. The van der Waals surface area contributed by atoms with Crippen molar-refractivity contribution in [2.24, 2.45) is 0 Å². The van der Waals surface area contributed by atoms with Crippen LogP contribution in [-0.2, 0) is 6.42 Å². The van der Waals surface area contributed by atoms with Crippen LogP contribution in [-0.4, -0.2) is 21.6 Å². The number of H-pyrrole nitrogens is 1. The lowest BCUT2D eigenvalue weighted by Gasteiger charge is -2.12. The van der Waals surface area contributed by atoms with E-state index in [2.05, 4.69) is 10.2 Å². The zero-order chi connectivity index (χ0) is 14.2. The molecule has 2 aliphatic rings. The zero-order valence-corrected chi connectivity index (χ0v) is 11.7. The van der Waals surface area contributed by atoms with Crippen LogP contribution >= 0.6 is 0 Å². The van der Waals surface area contributed by atoms with Crippen LogP contribution in [0.2, 0.25) is 0 Å². The van der Waals surface area contributed by atoms with Gasteiger partial charge in [-0.15, -0.1) is 0 Å². The third kappa shape index (κ3) is 2.20. The van der Waals surface area contributed by atoms with Gasteiger partial charge in [0, 0.05) is 12.5 Å². The number of hydrogen-bond donors (Lipinski definition) is 1. The quantitative estimate of drug-likeness (QED) is 0.937. The van der Waals surface area contributed by atoms with Gasteiger partial charge in [0.05, 0.1) is 0 Å². The molecule has 1 aromatic carbocycles. The molecular formula is C15H17N3O3. The van der Waals surface area contributed by atoms with Gasteiger partial charge in [0.25, 0.3) is 0 Å². The maximum absolute atomic E-state index is 12.0. The summed E-state index contributed by atoms with van der Waals surface area (Å²) in [5.41, 5.74) is 0.968. The van der Waals surface area contributed by atoms with Crippen LogP contribution in [0.5, 0.6) is 11.5 Å². The van der Waals surface area contributed by atoms with E-state index in [-0.39, 0.29) is 12.5 Å². The molecule has 0 amide bonds. The third-order valence-electron chi connectivity index (χ3n) is 4.27. The maximum Gasteiger partial charge on any atom is 0.343 e. The molecule has 21 heavy (non-hydrogen) atoms. The Morgan fingerprint density at radius 3 is 2.90 bits per heavy atom. The molecule has 4 rings (SSSR count). The number of hydrogen-bond acceptors (Lipinski definition) is 4. The molecule has 0 bridgehead atoms. The monoisotopic (exact) mass is 287 g/mol. The second kappa shape index (κ2) is 4.95. The Morgan fingerprint density at radius 2 is 2.05 bits per heavy atom. The smallest absolute Gasteiger partial charge is 0.343 e. The Balaban J connectivity index is 1.64. The van der Waals surface area contributed by atoms with Crippen molar-refractivity contribution in [3.63, 3.8) is 0 Å². The fourth-order valence-corrected chi connectivity index (χ4v) is 3.23. The molecule has 1 fully saturated rings. The number of aromatic nitrogens is 3. The topological polar surface area (TPSA) is 69.1 Å². The van der Waals surface area contributed by atoms with E-state index in [1.807, 2.05) is 22.8 Å². The second-order valence-electron chi connectivity index (χ2n) is 5.62. The first-order valence-electron chi connectivity index (χ1n) is 7.35. The molecule has 6 heteroatoms. The van der Waals surface area contributed by atoms with Crippen LogP contribution in [0, 0.1) is 0 Å². The molecular weight excluding hydrogens is 270 g/mol. The predicted molar refractivity (Wildman–Crippen MR) is 75.7 cm³/mol. The summed E-state index contributed by atoms with van der Waals surface area (Å²) in [5.74, 6) is 2.33. The summed E-state index contributed by atoms with van der Waals surface area (Å²) in [6.07, 6.45) is 5.12. The molecule has 2 heterocycles. The largest absolute Gasteiger partial charge is 0.454 e.